The van der Waals surface area contributed by atoms with Gasteiger partial charge in [-0.05, 0) is 53.9 Å². The van der Waals surface area contributed by atoms with Gasteiger partial charge in [-0.3, -0.25) is 0 Å². The van der Waals surface area contributed by atoms with E-state index in [0.717, 1.165) is 29.3 Å². The quantitative estimate of drug-likeness (QED) is 0.719. The standard InChI is InChI=1S/C20H17FN2O2S/c1-24-19-13-16(8-9-18(19)21)25-15-6-4-14(5-7-15)17-3-2-10-23-11-12-26-22-20(17)23/h2-10,13H,11-12H2,1H3. The van der Waals surface area contributed by atoms with Crippen molar-refractivity contribution in [1.29, 1.82) is 0 Å². The number of nitrogens with zero attached hydrogens (tertiary/aromatic N) is 2. The molecule has 0 fully saturated rings. The molecule has 0 unspecified atom stereocenters. The van der Waals surface area contributed by atoms with Crippen molar-refractivity contribution in [3.8, 4) is 17.2 Å². The van der Waals surface area contributed by atoms with E-state index in [4.69, 9.17) is 9.47 Å². The molecule has 0 spiro atoms. The Bertz CT molecular complexity index is 907. The van der Waals surface area contributed by atoms with E-state index >= 15 is 0 Å². The van der Waals surface area contributed by atoms with Crippen LogP contribution in [0.1, 0.15) is 5.56 Å². The molecule has 26 heavy (non-hydrogen) atoms. The molecule has 0 N–H and O–H groups in total. The Kier molecular flexibility index (Phi) is 4.67. The molecule has 0 aliphatic carbocycles. The van der Waals surface area contributed by atoms with E-state index in [9.17, 15) is 4.39 Å². The highest BCUT2D eigenvalue weighted by Gasteiger charge is 2.21. The average Bonchev–Trinajstić information content (AvgIpc) is 2.69. The van der Waals surface area contributed by atoms with Gasteiger partial charge in [-0.1, -0.05) is 12.1 Å². The van der Waals surface area contributed by atoms with Crippen LogP contribution in [0.25, 0.3) is 5.57 Å². The third-order valence-electron chi connectivity index (χ3n) is 4.14. The van der Waals surface area contributed by atoms with Crippen molar-refractivity contribution >= 4 is 23.4 Å². The zero-order valence-electron chi connectivity index (χ0n) is 14.2. The number of halogens is 1. The zero-order valence-corrected chi connectivity index (χ0v) is 15.0. The smallest absolute Gasteiger partial charge is 0.165 e. The van der Waals surface area contributed by atoms with Crippen molar-refractivity contribution in [2.75, 3.05) is 19.4 Å². The highest BCUT2D eigenvalue weighted by atomic mass is 32.2. The van der Waals surface area contributed by atoms with Gasteiger partial charge >= 0.3 is 0 Å². The second kappa shape index (κ2) is 7.25. The SMILES string of the molecule is COc1cc(Oc2ccc(C3=CC=CN4CCSN=C34)cc2)ccc1F. The molecule has 2 aromatic carbocycles. The number of allylic oxidation sites excluding steroid dienone is 2. The second-order valence-electron chi connectivity index (χ2n) is 5.79. The summed E-state index contributed by atoms with van der Waals surface area (Å²) in [5, 5.41) is 0. The molecule has 0 atom stereocenters. The molecule has 0 saturated carbocycles. The van der Waals surface area contributed by atoms with Crippen LogP contribution in [-0.2, 0) is 0 Å². The molecule has 2 aromatic rings. The second-order valence-corrected chi connectivity index (χ2v) is 6.64. The zero-order chi connectivity index (χ0) is 17.9. The summed E-state index contributed by atoms with van der Waals surface area (Å²) in [4.78, 5) is 2.17. The normalized spacial score (nSPS) is 15.8. The molecule has 132 valence electrons. The molecule has 0 saturated heterocycles. The summed E-state index contributed by atoms with van der Waals surface area (Å²) in [5.41, 5.74) is 2.17. The van der Waals surface area contributed by atoms with Crippen molar-refractivity contribution in [2.45, 2.75) is 0 Å². The fourth-order valence-corrected chi connectivity index (χ4v) is 3.53. The fourth-order valence-electron chi connectivity index (χ4n) is 2.84. The number of fused-ring (bicyclic) bond motifs is 1. The lowest BCUT2D eigenvalue weighted by Gasteiger charge is -2.29. The van der Waals surface area contributed by atoms with Gasteiger partial charge in [-0.2, -0.15) is 4.40 Å². The predicted molar refractivity (Wildman–Crippen MR) is 103 cm³/mol. The summed E-state index contributed by atoms with van der Waals surface area (Å²) in [7, 11) is 1.43. The summed E-state index contributed by atoms with van der Waals surface area (Å²) in [6, 6.07) is 12.2. The first-order valence-corrected chi connectivity index (χ1v) is 9.16. The lowest BCUT2D eigenvalue weighted by atomic mass is 10.0. The first-order valence-electron chi connectivity index (χ1n) is 8.22. The van der Waals surface area contributed by atoms with Crippen molar-refractivity contribution in [1.82, 2.24) is 4.90 Å². The van der Waals surface area contributed by atoms with Crippen molar-refractivity contribution in [3.05, 3.63) is 72.2 Å². The van der Waals surface area contributed by atoms with E-state index in [1.165, 1.54) is 19.2 Å². The number of hydrogen-bond acceptors (Lipinski definition) is 5. The molecular formula is C20H17FN2O2S. The van der Waals surface area contributed by atoms with Crippen LogP contribution in [0.2, 0.25) is 0 Å². The minimum atomic E-state index is -0.414. The van der Waals surface area contributed by atoms with Crippen LogP contribution in [-0.4, -0.2) is 30.1 Å². The lowest BCUT2D eigenvalue weighted by molar-refractivity contribution is 0.381. The predicted octanol–water partition coefficient (Wildman–Crippen LogP) is 4.90. The molecule has 2 aliphatic heterocycles. The third-order valence-corrected chi connectivity index (χ3v) is 4.81. The molecule has 0 radical (unpaired) electrons. The van der Waals surface area contributed by atoms with Gasteiger partial charge in [0.2, 0.25) is 0 Å². The van der Waals surface area contributed by atoms with Gasteiger partial charge in [0.25, 0.3) is 0 Å². The van der Waals surface area contributed by atoms with Crippen LogP contribution >= 0.6 is 11.9 Å². The number of rotatable bonds is 4. The number of amidine groups is 1. The average molecular weight is 368 g/mol. The third kappa shape index (κ3) is 3.32. The summed E-state index contributed by atoms with van der Waals surface area (Å²) < 4.78 is 28.9. The summed E-state index contributed by atoms with van der Waals surface area (Å²) in [6.07, 6.45) is 6.17. The van der Waals surface area contributed by atoms with Crippen LogP contribution in [0.3, 0.4) is 0 Å². The van der Waals surface area contributed by atoms with Crippen molar-refractivity contribution < 1.29 is 13.9 Å². The Morgan fingerprint density at radius 1 is 1.12 bits per heavy atom. The highest BCUT2D eigenvalue weighted by Crippen LogP contribution is 2.31. The summed E-state index contributed by atoms with van der Waals surface area (Å²) in [6.45, 7) is 0.963. The van der Waals surface area contributed by atoms with Gasteiger partial charge in [-0.15, -0.1) is 0 Å². The lowest BCUT2D eigenvalue weighted by Crippen LogP contribution is -2.32. The molecule has 6 heteroatoms. The van der Waals surface area contributed by atoms with E-state index < -0.39 is 5.82 Å². The van der Waals surface area contributed by atoms with Crippen LogP contribution in [0.5, 0.6) is 17.2 Å². The van der Waals surface area contributed by atoms with E-state index in [-0.39, 0.29) is 5.75 Å². The van der Waals surface area contributed by atoms with Gasteiger partial charge in [0.1, 0.15) is 17.3 Å². The van der Waals surface area contributed by atoms with Crippen molar-refractivity contribution in [2.24, 2.45) is 4.40 Å². The largest absolute Gasteiger partial charge is 0.494 e. The number of benzene rings is 2. The van der Waals surface area contributed by atoms with E-state index in [2.05, 4.69) is 21.6 Å². The van der Waals surface area contributed by atoms with E-state index in [1.54, 1.807) is 18.0 Å². The first kappa shape index (κ1) is 16.7. The van der Waals surface area contributed by atoms with Crippen LogP contribution in [0.15, 0.2) is 65.2 Å². The minimum Gasteiger partial charge on any atom is -0.494 e. The summed E-state index contributed by atoms with van der Waals surface area (Å²) in [5.74, 6) is 2.92. The molecule has 0 amide bonds. The summed E-state index contributed by atoms with van der Waals surface area (Å²) >= 11 is 1.59. The highest BCUT2D eigenvalue weighted by molar-refractivity contribution is 7.98. The molecular weight excluding hydrogens is 351 g/mol. The monoisotopic (exact) mass is 368 g/mol. The Hall–Kier alpha value is -2.73. The minimum absolute atomic E-state index is 0.158. The fraction of sp³-hybridized carbons (Fsp3) is 0.150. The molecule has 4 rings (SSSR count). The van der Waals surface area contributed by atoms with Gasteiger partial charge in [-0.25, -0.2) is 4.39 Å². The van der Waals surface area contributed by atoms with Gasteiger partial charge in [0.15, 0.2) is 11.6 Å². The molecule has 4 nitrogen and oxygen atoms in total. The number of methoxy groups -OCH3 is 1. The van der Waals surface area contributed by atoms with E-state index in [0.29, 0.717) is 11.5 Å². The maximum absolute atomic E-state index is 13.5. The Morgan fingerprint density at radius 2 is 1.92 bits per heavy atom. The van der Waals surface area contributed by atoms with Crippen molar-refractivity contribution in [3.63, 3.8) is 0 Å². The molecule has 0 aromatic heterocycles. The maximum Gasteiger partial charge on any atom is 0.165 e. The number of hydrogen-bond donors (Lipinski definition) is 0. The topological polar surface area (TPSA) is 34.1 Å². The maximum atomic E-state index is 13.5. The Morgan fingerprint density at radius 3 is 2.73 bits per heavy atom. The Labute approximate surface area is 155 Å². The number of ether oxygens (including phenoxy) is 2. The van der Waals surface area contributed by atoms with Gasteiger partial charge < -0.3 is 14.4 Å². The Balaban J connectivity index is 1.55. The molecule has 0 bridgehead atoms. The van der Waals surface area contributed by atoms with Crippen LogP contribution < -0.4 is 9.47 Å². The van der Waals surface area contributed by atoms with Gasteiger partial charge in [0, 0.05) is 30.1 Å². The molecule has 2 aliphatic rings. The van der Waals surface area contributed by atoms with Crippen LogP contribution in [0.4, 0.5) is 4.39 Å². The molecule has 2 heterocycles. The van der Waals surface area contributed by atoms with Gasteiger partial charge in [0.05, 0.1) is 7.11 Å². The first-order chi connectivity index (χ1) is 12.7. The van der Waals surface area contributed by atoms with Crippen LogP contribution in [0, 0.1) is 5.82 Å². The van der Waals surface area contributed by atoms with E-state index in [1.807, 2.05) is 30.3 Å².